The average Bonchev–Trinajstić information content (AvgIpc) is 3.35. The van der Waals surface area contributed by atoms with Crippen molar-refractivity contribution in [3.63, 3.8) is 0 Å². The molecule has 2 aromatic carbocycles. The molecule has 1 aliphatic heterocycles. The van der Waals surface area contributed by atoms with Crippen LogP contribution in [0.3, 0.4) is 0 Å². The molecule has 0 spiro atoms. The lowest BCUT2D eigenvalue weighted by Crippen LogP contribution is -2.51. The highest BCUT2D eigenvalue weighted by Crippen LogP contribution is 2.20. The van der Waals surface area contributed by atoms with Crippen molar-refractivity contribution in [1.29, 1.82) is 0 Å². The van der Waals surface area contributed by atoms with Crippen molar-refractivity contribution >= 4 is 29.9 Å². The van der Waals surface area contributed by atoms with Crippen LogP contribution in [0.4, 0.5) is 4.39 Å². The molecule has 3 aromatic rings. The predicted octanol–water partition coefficient (Wildman–Crippen LogP) is 4.74. The van der Waals surface area contributed by atoms with Gasteiger partial charge in [0.05, 0.1) is 18.6 Å². The van der Waals surface area contributed by atoms with Gasteiger partial charge < -0.3 is 15.2 Å². The molecule has 2 atom stereocenters. The van der Waals surface area contributed by atoms with Gasteiger partial charge in [0.2, 0.25) is 0 Å². The molecule has 34 heavy (non-hydrogen) atoms. The zero-order valence-electron chi connectivity index (χ0n) is 19.8. The molecule has 1 saturated heterocycles. The summed E-state index contributed by atoms with van der Waals surface area (Å²) < 4.78 is 16.2. The number of aromatic nitrogens is 2. The Hall–Kier alpha value is -2.46. The van der Waals surface area contributed by atoms with E-state index in [0.29, 0.717) is 24.3 Å². The van der Waals surface area contributed by atoms with E-state index in [-0.39, 0.29) is 29.8 Å². The van der Waals surface area contributed by atoms with Gasteiger partial charge in [0.15, 0.2) is 5.96 Å². The molecule has 8 heteroatoms. The Balaban J connectivity index is 0.00000324. The minimum absolute atomic E-state index is 0. The Morgan fingerprint density at radius 2 is 2.00 bits per heavy atom. The standard InChI is InChI=1S/C26H33FN6.HI/c1-3-29-26(30-17-22-9-10-25(24(27)16-22)33-14-12-28-19-33)31-23-11-13-32(20(2)15-23)18-21-7-5-4-6-8-21;/h4-10,12,14,16,19-20,23H,3,11,13,15,17-18H2,1-2H3,(H2,29,30,31);1H. The first-order chi connectivity index (χ1) is 16.1. The van der Waals surface area contributed by atoms with Crippen LogP contribution in [0.2, 0.25) is 0 Å². The Kier molecular flexibility index (Phi) is 9.88. The molecule has 1 fully saturated rings. The van der Waals surface area contributed by atoms with Crippen LogP contribution in [0.1, 0.15) is 37.8 Å². The first-order valence-corrected chi connectivity index (χ1v) is 11.7. The molecule has 4 rings (SSSR count). The Morgan fingerprint density at radius 3 is 2.68 bits per heavy atom. The second-order valence-corrected chi connectivity index (χ2v) is 8.62. The predicted molar refractivity (Wildman–Crippen MR) is 146 cm³/mol. The number of imidazole rings is 1. The second kappa shape index (κ2) is 12.9. The number of guanidine groups is 1. The van der Waals surface area contributed by atoms with Crippen molar-refractivity contribution in [2.45, 2.75) is 51.9 Å². The fraction of sp³-hybridized carbons (Fsp3) is 0.385. The number of aliphatic imine (C=N–C) groups is 1. The quantitative estimate of drug-likeness (QED) is 0.243. The first kappa shape index (κ1) is 26.2. The summed E-state index contributed by atoms with van der Waals surface area (Å²) in [6.45, 7) is 7.59. The molecule has 2 N–H and O–H groups in total. The monoisotopic (exact) mass is 576 g/mol. The fourth-order valence-electron chi connectivity index (χ4n) is 4.35. The number of benzene rings is 2. The van der Waals surface area contributed by atoms with Gasteiger partial charge in [-0.05, 0) is 49.9 Å². The number of hydrogen-bond donors (Lipinski definition) is 2. The maximum atomic E-state index is 14.6. The van der Waals surface area contributed by atoms with Crippen molar-refractivity contribution in [3.05, 3.63) is 84.2 Å². The maximum absolute atomic E-state index is 14.6. The van der Waals surface area contributed by atoms with Crippen LogP contribution in [-0.2, 0) is 13.1 Å². The Bertz CT molecular complexity index is 1040. The van der Waals surface area contributed by atoms with Gasteiger partial charge in [-0.3, -0.25) is 4.90 Å². The first-order valence-electron chi connectivity index (χ1n) is 11.7. The van der Waals surface area contributed by atoms with Crippen molar-refractivity contribution in [3.8, 4) is 5.69 Å². The third-order valence-electron chi connectivity index (χ3n) is 6.14. The van der Waals surface area contributed by atoms with Crippen LogP contribution in [0.5, 0.6) is 0 Å². The molecule has 182 valence electrons. The topological polar surface area (TPSA) is 57.5 Å². The molecule has 0 aliphatic carbocycles. The third-order valence-corrected chi connectivity index (χ3v) is 6.14. The van der Waals surface area contributed by atoms with Gasteiger partial charge in [0.25, 0.3) is 0 Å². The summed E-state index contributed by atoms with van der Waals surface area (Å²) in [5.41, 5.74) is 2.68. The molecular weight excluding hydrogens is 542 g/mol. The van der Waals surface area contributed by atoms with Gasteiger partial charge in [-0.1, -0.05) is 36.4 Å². The summed E-state index contributed by atoms with van der Waals surface area (Å²) in [5.74, 6) is 0.503. The summed E-state index contributed by atoms with van der Waals surface area (Å²) in [7, 11) is 0. The lowest BCUT2D eigenvalue weighted by Gasteiger charge is -2.38. The van der Waals surface area contributed by atoms with E-state index in [1.54, 1.807) is 35.4 Å². The normalized spacial score (nSPS) is 18.9. The third kappa shape index (κ3) is 7.02. The number of hydrogen-bond acceptors (Lipinski definition) is 3. The number of nitrogens with one attached hydrogen (secondary N) is 2. The Morgan fingerprint density at radius 1 is 1.18 bits per heavy atom. The van der Waals surface area contributed by atoms with E-state index in [9.17, 15) is 4.39 Å². The molecule has 0 bridgehead atoms. The van der Waals surface area contributed by atoms with E-state index in [0.717, 1.165) is 44.0 Å². The molecule has 0 radical (unpaired) electrons. The fourth-order valence-corrected chi connectivity index (χ4v) is 4.35. The van der Waals surface area contributed by atoms with E-state index >= 15 is 0 Å². The summed E-state index contributed by atoms with van der Waals surface area (Å²) >= 11 is 0. The lowest BCUT2D eigenvalue weighted by molar-refractivity contribution is 0.134. The number of likely N-dealkylation sites (tertiary alicyclic amines) is 1. The van der Waals surface area contributed by atoms with E-state index in [4.69, 9.17) is 4.99 Å². The minimum atomic E-state index is -0.279. The lowest BCUT2D eigenvalue weighted by atomic mass is 9.97. The Labute approximate surface area is 218 Å². The zero-order chi connectivity index (χ0) is 23.0. The highest BCUT2D eigenvalue weighted by Gasteiger charge is 2.26. The number of halogens is 2. The van der Waals surface area contributed by atoms with Crippen LogP contribution in [0.15, 0.2) is 72.2 Å². The van der Waals surface area contributed by atoms with Gasteiger partial charge in [0.1, 0.15) is 5.82 Å². The van der Waals surface area contributed by atoms with Gasteiger partial charge in [-0.15, -0.1) is 24.0 Å². The van der Waals surface area contributed by atoms with E-state index in [2.05, 4.69) is 64.7 Å². The highest BCUT2D eigenvalue weighted by molar-refractivity contribution is 14.0. The highest BCUT2D eigenvalue weighted by atomic mass is 127. The van der Waals surface area contributed by atoms with E-state index < -0.39 is 0 Å². The summed E-state index contributed by atoms with van der Waals surface area (Å²) in [6, 6.07) is 16.7. The van der Waals surface area contributed by atoms with Crippen molar-refractivity contribution in [2.24, 2.45) is 4.99 Å². The molecule has 1 aliphatic rings. The molecular formula is C26H34FIN6. The van der Waals surface area contributed by atoms with Crippen LogP contribution in [0.25, 0.3) is 5.69 Å². The van der Waals surface area contributed by atoms with Crippen molar-refractivity contribution < 1.29 is 4.39 Å². The van der Waals surface area contributed by atoms with Crippen molar-refractivity contribution in [1.82, 2.24) is 25.1 Å². The minimum Gasteiger partial charge on any atom is -0.357 e. The smallest absolute Gasteiger partial charge is 0.191 e. The summed E-state index contributed by atoms with van der Waals surface area (Å²) in [4.78, 5) is 11.2. The average molecular weight is 577 g/mol. The second-order valence-electron chi connectivity index (χ2n) is 8.62. The van der Waals surface area contributed by atoms with Crippen LogP contribution in [-0.4, -0.2) is 45.6 Å². The summed E-state index contributed by atoms with van der Waals surface area (Å²) in [5, 5.41) is 6.93. The van der Waals surface area contributed by atoms with Crippen molar-refractivity contribution in [2.75, 3.05) is 13.1 Å². The largest absolute Gasteiger partial charge is 0.357 e. The van der Waals surface area contributed by atoms with Crippen LogP contribution >= 0.6 is 24.0 Å². The SMILES string of the molecule is CCNC(=NCc1ccc(-n2ccnc2)c(F)c1)NC1CCN(Cc2ccccc2)C(C)C1.I. The molecule has 0 amide bonds. The molecule has 2 unspecified atom stereocenters. The van der Waals surface area contributed by atoms with Gasteiger partial charge in [-0.2, -0.15) is 0 Å². The maximum Gasteiger partial charge on any atom is 0.191 e. The summed E-state index contributed by atoms with van der Waals surface area (Å²) in [6.07, 6.45) is 7.09. The van der Waals surface area contributed by atoms with E-state index in [1.165, 1.54) is 5.56 Å². The van der Waals surface area contributed by atoms with Crippen LogP contribution in [0, 0.1) is 5.82 Å². The molecule has 2 heterocycles. The number of rotatable bonds is 7. The van der Waals surface area contributed by atoms with Gasteiger partial charge in [-0.25, -0.2) is 14.4 Å². The van der Waals surface area contributed by atoms with Gasteiger partial charge in [0, 0.05) is 44.1 Å². The zero-order valence-corrected chi connectivity index (χ0v) is 22.2. The molecule has 1 aromatic heterocycles. The van der Waals surface area contributed by atoms with Crippen LogP contribution < -0.4 is 10.6 Å². The molecule has 6 nitrogen and oxygen atoms in total. The van der Waals surface area contributed by atoms with E-state index in [1.807, 2.05) is 6.07 Å². The number of piperidine rings is 1. The number of nitrogens with zero attached hydrogens (tertiary/aromatic N) is 4. The van der Waals surface area contributed by atoms with Gasteiger partial charge >= 0.3 is 0 Å². The molecule has 0 saturated carbocycles.